The van der Waals surface area contributed by atoms with Crippen LogP contribution in [0.5, 0.6) is 0 Å². The van der Waals surface area contributed by atoms with Crippen LogP contribution in [-0.4, -0.2) is 35.2 Å². The highest BCUT2D eigenvalue weighted by molar-refractivity contribution is 6.01. The lowest BCUT2D eigenvalue weighted by Gasteiger charge is -2.33. The summed E-state index contributed by atoms with van der Waals surface area (Å²) in [6.07, 6.45) is 4.07. The lowest BCUT2D eigenvalue weighted by Crippen LogP contribution is -2.54. The zero-order valence-corrected chi connectivity index (χ0v) is 12.0. The van der Waals surface area contributed by atoms with E-state index in [1.165, 1.54) is 11.0 Å². The molecule has 0 radical (unpaired) electrons. The van der Waals surface area contributed by atoms with Crippen molar-refractivity contribution in [3.8, 4) is 0 Å². The Hall–Kier alpha value is -1.91. The molecular weight excluding hydrogens is 256 g/mol. The second-order valence-electron chi connectivity index (χ2n) is 4.98. The molecule has 3 amide bonds. The molecule has 1 aliphatic rings. The maximum atomic E-state index is 12.2. The molecule has 1 N–H and O–H groups in total. The van der Waals surface area contributed by atoms with E-state index in [2.05, 4.69) is 18.5 Å². The summed E-state index contributed by atoms with van der Waals surface area (Å²) in [4.78, 5) is 36.8. The first-order valence-electron chi connectivity index (χ1n) is 6.90. The predicted octanol–water partition coefficient (Wildman–Crippen LogP) is 1.55. The van der Waals surface area contributed by atoms with Gasteiger partial charge in [-0.1, -0.05) is 31.6 Å². The molecule has 0 aromatic carbocycles. The molecule has 1 saturated heterocycles. The number of rotatable bonds is 7. The van der Waals surface area contributed by atoms with Crippen molar-refractivity contribution in [2.24, 2.45) is 0 Å². The van der Waals surface area contributed by atoms with E-state index < -0.39 is 11.9 Å². The minimum absolute atomic E-state index is 0.160. The quantitative estimate of drug-likeness (QED) is 0.567. The minimum atomic E-state index is -0.589. The molecule has 1 heterocycles. The zero-order valence-electron chi connectivity index (χ0n) is 12.0. The van der Waals surface area contributed by atoms with E-state index in [1.807, 2.05) is 6.92 Å². The average molecular weight is 278 g/mol. The van der Waals surface area contributed by atoms with Crippen LogP contribution in [0.1, 0.15) is 39.0 Å². The third kappa shape index (κ3) is 4.33. The average Bonchev–Trinajstić information content (AvgIpc) is 2.37. The molecule has 0 saturated carbocycles. The number of piperidine rings is 1. The van der Waals surface area contributed by atoms with Crippen molar-refractivity contribution in [2.75, 3.05) is 6.54 Å². The number of carbonyl (C=O) groups excluding carboxylic acids is 3. The van der Waals surface area contributed by atoms with Gasteiger partial charge in [0.25, 0.3) is 0 Å². The van der Waals surface area contributed by atoms with E-state index in [0.29, 0.717) is 13.0 Å². The Bertz CT molecular complexity index is 429. The molecule has 0 aromatic heterocycles. The lowest BCUT2D eigenvalue weighted by molar-refractivity contribution is -0.145. The zero-order chi connectivity index (χ0) is 15.1. The van der Waals surface area contributed by atoms with E-state index in [-0.39, 0.29) is 24.7 Å². The third-order valence-corrected chi connectivity index (χ3v) is 3.22. The van der Waals surface area contributed by atoms with Gasteiger partial charge in [-0.2, -0.15) is 0 Å². The normalized spacial score (nSPS) is 18.4. The van der Waals surface area contributed by atoms with Gasteiger partial charge in [-0.15, -0.1) is 6.58 Å². The predicted molar refractivity (Wildman–Crippen MR) is 76.7 cm³/mol. The van der Waals surface area contributed by atoms with Gasteiger partial charge in [0.05, 0.1) is 0 Å². The van der Waals surface area contributed by atoms with Gasteiger partial charge in [0.2, 0.25) is 17.7 Å². The largest absolute Gasteiger partial charge is 0.326 e. The molecule has 1 rings (SSSR count). The number of hydrogen-bond acceptors (Lipinski definition) is 3. The first-order valence-corrected chi connectivity index (χ1v) is 6.90. The van der Waals surface area contributed by atoms with Gasteiger partial charge in [0, 0.05) is 19.4 Å². The standard InChI is InChI=1S/C15H22N2O3/c1-4-6-11(3)10-17(14(19)7-5-2)12-8-9-13(18)16-15(12)20/h5,12H,2-4,6-10H2,1H3,(H,16,18,20). The lowest BCUT2D eigenvalue weighted by atomic mass is 10.0. The summed E-state index contributed by atoms with van der Waals surface area (Å²) in [5, 5.41) is 2.28. The van der Waals surface area contributed by atoms with Crippen molar-refractivity contribution in [2.45, 2.75) is 45.1 Å². The SMILES string of the molecule is C=CCC(=O)N(CC(=C)CCC)C1CCC(=O)NC1=O. The van der Waals surface area contributed by atoms with Crippen LogP contribution in [0.4, 0.5) is 0 Å². The van der Waals surface area contributed by atoms with E-state index in [4.69, 9.17) is 0 Å². The van der Waals surface area contributed by atoms with Gasteiger partial charge in [0.1, 0.15) is 6.04 Å². The Morgan fingerprint density at radius 2 is 2.20 bits per heavy atom. The van der Waals surface area contributed by atoms with Crippen molar-refractivity contribution < 1.29 is 14.4 Å². The molecular formula is C15H22N2O3. The van der Waals surface area contributed by atoms with E-state index >= 15 is 0 Å². The van der Waals surface area contributed by atoms with Gasteiger partial charge in [-0.25, -0.2) is 0 Å². The number of nitrogens with zero attached hydrogens (tertiary/aromatic N) is 1. The molecule has 5 nitrogen and oxygen atoms in total. The highest BCUT2D eigenvalue weighted by atomic mass is 16.2. The molecule has 110 valence electrons. The molecule has 1 atom stereocenters. The maximum Gasteiger partial charge on any atom is 0.249 e. The Kier molecular flexibility index (Phi) is 6.15. The van der Waals surface area contributed by atoms with Gasteiger partial charge in [0.15, 0.2) is 0 Å². The van der Waals surface area contributed by atoms with Crippen molar-refractivity contribution in [3.63, 3.8) is 0 Å². The van der Waals surface area contributed by atoms with Gasteiger partial charge in [-0.05, 0) is 12.8 Å². The fourth-order valence-electron chi connectivity index (χ4n) is 2.27. The van der Waals surface area contributed by atoms with E-state index in [9.17, 15) is 14.4 Å². The van der Waals surface area contributed by atoms with Crippen molar-refractivity contribution in [3.05, 3.63) is 24.8 Å². The number of amides is 3. The summed E-state index contributed by atoms with van der Waals surface area (Å²) in [6.45, 7) is 9.88. The van der Waals surface area contributed by atoms with Crippen molar-refractivity contribution in [1.29, 1.82) is 0 Å². The minimum Gasteiger partial charge on any atom is -0.326 e. The van der Waals surface area contributed by atoms with Crippen LogP contribution in [-0.2, 0) is 14.4 Å². The van der Waals surface area contributed by atoms with Crippen LogP contribution in [0.3, 0.4) is 0 Å². The fraction of sp³-hybridized carbons (Fsp3) is 0.533. The molecule has 1 fully saturated rings. The number of hydrogen-bond donors (Lipinski definition) is 1. The molecule has 0 spiro atoms. The van der Waals surface area contributed by atoms with Crippen LogP contribution in [0, 0.1) is 0 Å². The van der Waals surface area contributed by atoms with Crippen molar-refractivity contribution in [1.82, 2.24) is 10.2 Å². The number of imide groups is 1. The Morgan fingerprint density at radius 3 is 2.75 bits per heavy atom. The number of carbonyl (C=O) groups is 3. The fourth-order valence-corrected chi connectivity index (χ4v) is 2.27. The van der Waals surface area contributed by atoms with E-state index in [1.54, 1.807) is 0 Å². The van der Waals surface area contributed by atoms with Crippen LogP contribution < -0.4 is 5.32 Å². The highest BCUT2D eigenvalue weighted by Crippen LogP contribution is 2.17. The summed E-state index contributed by atoms with van der Waals surface area (Å²) in [6, 6.07) is -0.589. The molecule has 1 unspecified atom stereocenters. The topological polar surface area (TPSA) is 66.5 Å². The summed E-state index contributed by atoms with van der Waals surface area (Å²) in [5.74, 6) is -0.843. The van der Waals surface area contributed by atoms with Crippen LogP contribution >= 0.6 is 0 Å². The van der Waals surface area contributed by atoms with E-state index in [0.717, 1.165) is 18.4 Å². The summed E-state index contributed by atoms with van der Waals surface area (Å²) < 4.78 is 0. The summed E-state index contributed by atoms with van der Waals surface area (Å²) in [7, 11) is 0. The Morgan fingerprint density at radius 1 is 1.50 bits per heavy atom. The third-order valence-electron chi connectivity index (χ3n) is 3.22. The van der Waals surface area contributed by atoms with Crippen molar-refractivity contribution >= 4 is 17.7 Å². The molecule has 0 aromatic rings. The van der Waals surface area contributed by atoms with Crippen LogP contribution in [0.15, 0.2) is 24.8 Å². The summed E-state index contributed by atoms with van der Waals surface area (Å²) >= 11 is 0. The maximum absolute atomic E-state index is 12.2. The van der Waals surface area contributed by atoms with Gasteiger partial charge >= 0.3 is 0 Å². The van der Waals surface area contributed by atoms with Crippen LogP contribution in [0.25, 0.3) is 0 Å². The monoisotopic (exact) mass is 278 g/mol. The molecule has 5 heteroatoms. The van der Waals surface area contributed by atoms with Gasteiger partial charge in [-0.3, -0.25) is 19.7 Å². The Balaban J connectivity index is 2.83. The number of nitrogens with one attached hydrogen (secondary N) is 1. The van der Waals surface area contributed by atoms with Crippen LogP contribution in [0.2, 0.25) is 0 Å². The molecule has 0 aliphatic carbocycles. The Labute approximate surface area is 119 Å². The molecule has 1 aliphatic heterocycles. The highest BCUT2D eigenvalue weighted by Gasteiger charge is 2.33. The second-order valence-corrected chi connectivity index (χ2v) is 4.98. The molecule has 20 heavy (non-hydrogen) atoms. The van der Waals surface area contributed by atoms with Gasteiger partial charge < -0.3 is 4.90 Å². The smallest absolute Gasteiger partial charge is 0.249 e. The molecule has 0 bridgehead atoms. The first-order chi connectivity index (χ1) is 9.49. The first kappa shape index (κ1) is 16.1. The summed E-state index contributed by atoms with van der Waals surface area (Å²) in [5.41, 5.74) is 0.912. The second kappa shape index (κ2) is 7.62.